The summed E-state index contributed by atoms with van der Waals surface area (Å²) in [4.78, 5) is 25.0. The molecule has 0 aliphatic heterocycles. The minimum atomic E-state index is -0.869. The van der Waals surface area contributed by atoms with Gasteiger partial charge in [0.2, 0.25) is 5.88 Å². The molecule has 0 spiro atoms. The molecule has 0 fully saturated rings. The van der Waals surface area contributed by atoms with Crippen LogP contribution in [0.3, 0.4) is 0 Å². The molecule has 9 heteroatoms. The summed E-state index contributed by atoms with van der Waals surface area (Å²) in [7, 11) is 2.94. The topological polar surface area (TPSA) is 113 Å². The number of hydrogen-bond acceptors (Lipinski definition) is 7. The third kappa shape index (κ3) is 3.81. The van der Waals surface area contributed by atoms with Crippen LogP contribution in [0.4, 0.5) is 10.5 Å². The maximum absolute atomic E-state index is 11.6. The number of carbonyl (C=O) groups excluding carboxylic acids is 1. The van der Waals surface area contributed by atoms with Crippen molar-refractivity contribution in [2.75, 3.05) is 20.8 Å². The summed E-state index contributed by atoms with van der Waals surface area (Å²) in [5.41, 5.74) is 1.04. The van der Waals surface area contributed by atoms with E-state index < -0.39 is 17.4 Å². The number of nitrogens with one attached hydrogen (secondary N) is 1. The third-order valence-corrected chi connectivity index (χ3v) is 3.41. The molecule has 1 N–H and O–H groups in total. The van der Waals surface area contributed by atoms with Gasteiger partial charge in [0.05, 0.1) is 11.5 Å². The molecule has 1 aromatic heterocycles. The first-order valence-electron chi connectivity index (χ1n) is 7.19. The average molecular weight is 338 g/mol. The standard InChI is InChI=1S/C15H18N2O7/c1-4-23-15(18)24-14-11(8-13(21-2)22-3)10-7-9(17(19)20)5-6-12(10)16-14/h5-7,13,16H,4,8H2,1-3H3. The Hall–Kier alpha value is -2.65. The maximum Gasteiger partial charge on any atom is 0.515 e. The van der Waals surface area contributed by atoms with Crippen LogP contribution in [0.5, 0.6) is 5.88 Å². The smallest absolute Gasteiger partial charge is 0.434 e. The highest BCUT2D eigenvalue weighted by Gasteiger charge is 2.22. The molecular formula is C15H18N2O7. The Morgan fingerprint density at radius 3 is 2.62 bits per heavy atom. The molecule has 2 aromatic rings. The summed E-state index contributed by atoms with van der Waals surface area (Å²) in [6.07, 6.45) is -1.25. The Kier molecular flexibility index (Phi) is 5.72. The highest BCUT2D eigenvalue weighted by molar-refractivity contribution is 5.88. The minimum absolute atomic E-state index is 0.0724. The SMILES string of the molecule is CCOC(=O)Oc1[nH]c2ccc([N+](=O)[O-])cc2c1CC(OC)OC. The number of H-pyrrole nitrogens is 1. The molecule has 0 saturated carbocycles. The second kappa shape index (κ2) is 7.75. The van der Waals surface area contributed by atoms with Gasteiger partial charge in [-0.05, 0) is 13.0 Å². The predicted octanol–water partition coefficient (Wildman–Crippen LogP) is 2.77. The van der Waals surface area contributed by atoms with Crippen molar-refractivity contribution in [2.45, 2.75) is 19.6 Å². The highest BCUT2D eigenvalue weighted by Crippen LogP contribution is 2.32. The van der Waals surface area contributed by atoms with Crippen molar-refractivity contribution in [2.24, 2.45) is 0 Å². The summed E-state index contributed by atoms with van der Waals surface area (Å²) in [6, 6.07) is 4.31. The molecule has 0 amide bonds. The molecular weight excluding hydrogens is 320 g/mol. The summed E-state index contributed by atoms with van der Waals surface area (Å²) in [5.74, 6) is 0.142. The fourth-order valence-corrected chi connectivity index (χ4v) is 2.27. The summed E-state index contributed by atoms with van der Waals surface area (Å²) in [5, 5.41) is 11.5. The number of benzene rings is 1. The Morgan fingerprint density at radius 2 is 2.04 bits per heavy atom. The average Bonchev–Trinajstić information content (AvgIpc) is 2.88. The number of aromatic nitrogens is 1. The van der Waals surface area contributed by atoms with Gasteiger partial charge in [-0.3, -0.25) is 10.1 Å². The van der Waals surface area contributed by atoms with Gasteiger partial charge < -0.3 is 23.9 Å². The van der Waals surface area contributed by atoms with E-state index >= 15 is 0 Å². The zero-order valence-corrected chi connectivity index (χ0v) is 13.5. The lowest BCUT2D eigenvalue weighted by molar-refractivity contribution is -0.384. The Morgan fingerprint density at radius 1 is 1.33 bits per heavy atom. The summed E-state index contributed by atoms with van der Waals surface area (Å²) in [6.45, 7) is 1.82. The van der Waals surface area contributed by atoms with Crippen LogP contribution in [-0.2, 0) is 20.6 Å². The second-order valence-electron chi connectivity index (χ2n) is 4.81. The van der Waals surface area contributed by atoms with E-state index in [1.54, 1.807) is 13.0 Å². The molecule has 0 saturated heterocycles. The van der Waals surface area contributed by atoms with Crippen LogP contribution < -0.4 is 4.74 Å². The van der Waals surface area contributed by atoms with Crippen molar-refractivity contribution in [1.29, 1.82) is 0 Å². The fraction of sp³-hybridized carbons (Fsp3) is 0.400. The number of ether oxygens (including phenoxy) is 4. The lowest BCUT2D eigenvalue weighted by Gasteiger charge is -2.13. The quantitative estimate of drug-likeness (QED) is 0.357. The minimum Gasteiger partial charge on any atom is -0.434 e. The van der Waals surface area contributed by atoms with Crippen molar-refractivity contribution >= 4 is 22.7 Å². The molecule has 130 valence electrons. The number of hydrogen-bond donors (Lipinski definition) is 1. The monoisotopic (exact) mass is 338 g/mol. The molecule has 1 heterocycles. The van der Waals surface area contributed by atoms with Gasteiger partial charge in [-0.1, -0.05) is 0 Å². The lowest BCUT2D eigenvalue weighted by Crippen LogP contribution is -2.17. The van der Waals surface area contributed by atoms with E-state index in [4.69, 9.17) is 18.9 Å². The number of rotatable bonds is 7. The van der Waals surface area contributed by atoms with E-state index in [2.05, 4.69) is 4.98 Å². The highest BCUT2D eigenvalue weighted by atomic mass is 16.7. The van der Waals surface area contributed by atoms with E-state index in [0.717, 1.165) is 0 Å². The van der Waals surface area contributed by atoms with Crippen LogP contribution in [0.25, 0.3) is 10.9 Å². The van der Waals surface area contributed by atoms with Gasteiger partial charge in [0.25, 0.3) is 5.69 Å². The van der Waals surface area contributed by atoms with Crippen LogP contribution in [0.2, 0.25) is 0 Å². The molecule has 0 radical (unpaired) electrons. The van der Waals surface area contributed by atoms with Gasteiger partial charge in [0, 0.05) is 49.2 Å². The first-order valence-corrected chi connectivity index (χ1v) is 7.19. The van der Waals surface area contributed by atoms with E-state index in [0.29, 0.717) is 16.5 Å². The largest absolute Gasteiger partial charge is 0.515 e. The van der Waals surface area contributed by atoms with Gasteiger partial charge in [-0.15, -0.1) is 0 Å². The molecule has 0 unspecified atom stereocenters. The second-order valence-corrected chi connectivity index (χ2v) is 4.81. The lowest BCUT2D eigenvalue weighted by atomic mass is 10.1. The van der Waals surface area contributed by atoms with Crippen molar-refractivity contribution < 1.29 is 28.7 Å². The number of nitro benzene ring substituents is 1. The van der Waals surface area contributed by atoms with Crippen LogP contribution in [-0.4, -0.2) is 43.2 Å². The number of nitrogens with zero attached hydrogens (tertiary/aromatic N) is 1. The van der Waals surface area contributed by atoms with Crippen molar-refractivity contribution in [3.8, 4) is 5.88 Å². The summed E-state index contributed by atoms with van der Waals surface area (Å²) >= 11 is 0. The summed E-state index contributed by atoms with van der Waals surface area (Å²) < 4.78 is 20.3. The van der Waals surface area contributed by atoms with Gasteiger partial charge in [0.1, 0.15) is 0 Å². The van der Waals surface area contributed by atoms with Crippen LogP contribution in [0.15, 0.2) is 18.2 Å². The molecule has 0 atom stereocenters. The number of carbonyl (C=O) groups is 1. The number of non-ortho nitro benzene ring substituents is 1. The van der Waals surface area contributed by atoms with E-state index in [1.165, 1.54) is 26.4 Å². The van der Waals surface area contributed by atoms with E-state index in [1.807, 2.05) is 0 Å². The number of nitro groups is 1. The number of aromatic amines is 1. The number of fused-ring (bicyclic) bond motifs is 1. The van der Waals surface area contributed by atoms with Gasteiger partial charge in [0.15, 0.2) is 6.29 Å². The molecule has 0 aliphatic rings. The Labute approximate surface area is 137 Å². The fourth-order valence-electron chi connectivity index (χ4n) is 2.27. The van der Waals surface area contributed by atoms with Crippen molar-refractivity contribution in [3.63, 3.8) is 0 Å². The molecule has 0 aliphatic carbocycles. The molecule has 1 aromatic carbocycles. The predicted molar refractivity (Wildman–Crippen MR) is 84.1 cm³/mol. The Balaban J connectivity index is 2.49. The van der Waals surface area contributed by atoms with E-state index in [-0.39, 0.29) is 24.6 Å². The molecule has 2 rings (SSSR count). The normalized spacial score (nSPS) is 11.0. The third-order valence-electron chi connectivity index (χ3n) is 3.41. The zero-order chi connectivity index (χ0) is 17.7. The van der Waals surface area contributed by atoms with E-state index in [9.17, 15) is 14.9 Å². The van der Waals surface area contributed by atoms with Crippen molar-refractivity contribution in [3.05, 3.63) is 33.9 Å². The van der Waals surface area contributed by atoms with Crippen LogP contribution in [0.1, 0.15) is 12.5 Å². The van der Waals surface area contributed by atoms with Gasteiger partial charge >= 0.3 is 6.16 Å². The Bertz CT molecular complexity index is 737. The van der Waals surface area contributed by atoms with Crippen molar-refractivity contribution in [1.82, 2.24) is 4.98 Å². The zero-order valence-electron chi connectivity index (χ0n) is 13.5. The first-order chi connectivity index (χ1) is 11.5. The molecule has 0 bridgehead atoms. The van der Waals surface area contributed by atoms with Gasteiger partial charge in [-0.25, -0.2) is 4.79 Å². The number of methoxy groups -OCH3 is 2. The van der Waals surface area contributed by atoms with Crippen LogP contribution >= 0.6 is 0 Å². The van der Waals surface area contributed by atoms with Gasteiger partial charge in [-0.2, -0.15) is 0 Å². The van der Waals surface area contributed by atoms with Crippen LogP contribution in [0, 0.1) is 10.1 Å². The first kappa shape index (κ1) is 17.7. The molecule has 9 nitrogen and oxygen atoms in total. The maximum atomic E-state index is 11.6. The molecule has 24 heavy (non-hydrogen) atoms.